The lowest BCUT2D eigenvalue weighted by molar-refractivity contribution is 0.0944. The first-order valence-electron chi connectivity index (χ1n) is 8.88. The van der Waals surface area contributed by atoms with Gasteiger partial charge in [0.05, 0.1) is 25.2 Å². The minimum atomic E-state index is -0.589. The molecule has 0 radical (unpaired) electrons. The van der Waals surface area contributed by atoms with Crippen LogP contribution in [0.3, 0.4) is 0 Å². The van der Waals surface area contributed by atoms with Gasteiger partial charge in [-0.15, -0.1) is 0 Å². The van der Waals surface area contributed by atoms with Crippen molar-refractivity contribution in [1.29, 1.82) is 0 Å². The molecule has 142 valence electrons. The number of methoxy groups -OCH3 is 1. The number of nitrogens with zero attached hydrogens (tertiary/aromatic N) is 2. The molecule has 1 N–H and O–H groups in total. The van der Waals surface area contributed by atoms with Crippen LogP contribution in [0.15, 0.2) is 27.8 Å². The van der Waals surface area contributed by atoms with Crippen LogP contribution in [-0.4, -0.2) is 29.2 Å². The van der Waals surface area contributed by atoms with Gasteiger partial charge in [0.1, 0.15) is 11.3 Å². The molecule has 0 aliphatic rings. The maximum atomic E-state index is 12.5. The van der Waals surface area contributed by atoms with Gasteiger partial charge in [-0.25, -0.2) is 9.78 Å². The van der Waals surface area contributed by atoms with E-state index in [2.05, 4.69) is 17.2 Å². The second-order valence-corrected chi connectivity index (χ2v) is 6.44. The number of amides is 1. The zero-order valence-electron chi connectivity index (χ0n) is 15.9. The van der Waals surface area contributed by atoms with E-state index in [0.29, 0.717) is 24.5 Å². The van der Waals surface area contributed by atoms with E-state index in [1.807, 2.05) is 11.5 Å². The molecule has 0 bridgehead atoms. The van der Waals surface area contributed by atoms with Gasteiger partial charge in [-0.1, -0.05) is 20.3 Å². The number of imidazole rings is 1. The largest absolute Gasteiger partial charge is 0.427 e. The highest BCUT2D eigenvalue weighted by molar-refractivity contribution is 5.95. The van der Waals surface area contributed by atoms with Crippen LogP contribution in [0.2, 0.25) is 0 Å². The summed E-state index contributed by atoms with van der Waals surface area (Å²) >= 11 is 0. The van der Waals surface area contributed by atoms with Gasteiger partial charge < -0.3 is 19.0 Å². The van der Waals surface area contributed by atoms with Gasteiger partial charge in [-0.2, -0.15) is 0 Å². The third kappa shape index (κ3) is 4.82. The number of nitrogens with one attached hydrogen (secondary N) is 1. The highest BCUT2D eigenvalue weighted by Crippen LogP contribution is 2.21. The zero-order chi connectivity index (χ0) is 19.1. The van der Waals surface area contributed by atoms with Gasteiger partial charge in [0.2, 0.25) is 0 Å². The smallest absolute Gasteiger partial charge is 0.349 e. The second-order valence-electron chi connectivity index (χ2n) is 6.44. The maximum absolute atomic E-state index is 12.5. The number of hydrogen-bond acceptors (Lipinski definition) is 5. The van der Waals surface area contributed by atoms with Crippen LogP contribution >= 0.6 is 0 Å². The molecule has 2 aromatic heterocycles. The highest BCUT2D eigenvalue weighted by atomic mass is 16.5. The molecule has 0 aliphatic carbocycles. The summed E-state index contributed by atoms with van der Waals surface area (Å²) in [6, 6.07) is 1.79. The summed E-state index contributed by atoms with van der Waals surface area (Å²) in [5.74, 6) is 0.340. The summed E-state index contributed by atoms with van der Waals surface area (Å²) in [6.45, 7) is 7.33. The van der Waals surface area contributed by atoms with Crippen molar-refractivity contribution in [2.45, 2.75) is 52.6 Å². The van der Waals surface area contributed by atoms with Gasteiger partial charge in [-0.3, -0.25) is 4.79 Å². The molecule has 2 heterocycles. The van der Waals surface area contributed by atoms with Gasteiger partial charge >= 0.3 is 5.63 Å². The number of ether oxygens (including phenoxy) is 1. The Hall–Kier alpha value is -2.41. The first-order valence-corrected chi connectivity index (χ1v) is 8.88. The Morgan fingerprint density at radius 2 is 2.23 bits per heavy atom. The number of hydrogen-bond donors (Lipinski definition) is 1. The van der Waals surface area contributed by atoms with Crippen molar-refractivity contribution < 1.29 is 13.9 Å². The fraction of sp³-hybridized carbons (Fsp3) is 0.526. The molecule has 7 nitrogen and oxygen atoms in total. The fourth-order valence-electron chi connectivity index (χ4n) is 2.87. The predicted molar refractivity (Wildman–Crippen MR) is 98.3 cm³/mol. The molecule has 2 rings (SSSR count). The van der Waals surface area contributed by atoms with Crippen molar-refractivity contribution in [3.05, 3.63) is 51.6 Å². The van der Waals surface area contributed by atoms with E-state index in [1.165, 1.54) is 0 Å². The van der Waals surface area contributed by atoms with Crippen LogP contribution < -0.4 is 10.9 Å². The fourth-order valence-corrected chi connectivity index (χ4v) is 2.87. The van der Waals surface area contributed by atoms with Gasteiger partial charge in [0.15, 0.2) is 0 Å². The Morgan fingerprint density at radius 3 is 2.88 bits per heavy atom. The third-order valence-corrected chi connectivity index (χ3v) is 4.37. The lowest BCUT2D eigenvalue weighted by Crippen LogP contribution is -2.30. The van der Waals surface area contributed by atoms with E-state index in [0.717, 1.165) is 18.5 Å². The SMILES string of the molecule is CCCC(C)c1cc(C)c(C(=O)NCc2cncn2CCOC)c(=O)o1. The Kier molecular flexibility index (Phi) is 7.15. The van der Waals surface area contributed by atoms with Crippen LogP contribution in [-0.2, 0) is 17.8 Å². The van der Waals surface area contributed by atoms with Crippen molar-refractivity contribution in [3.8, 4) is 0 Å². The summed E-state index contributed by atoms with van der Waals surface area (Å²) in [5, 5.41) is 2.77. The normalized spacial score (nSPS) is 12.2. The Labute approximate surface area is 153 Å². The van der Waals surface area contributed by atoms with Crippen molar-refractivity contribution in [2.75, 3.05) is 13.7 Å². The summed E-state index contributed by atoms with van der Waals surface area (Å²) in [5.41, 5.74) is 0.934. The Bertz CT molecular complexity index is 794. The molecule has 7 heteroatoms. The minimum absolute atomic E-state index is 0.0559. The van der Waals surface area contributed by atoms with Crippen LogP contribution in [0.5, 0.6) is 0 Å². The first-order chi connectivity index (χ1) is 12.5. The monoisotopic (exact) mass is 361 g/mol. The second kappa shape index (κ2) is 9.33. The molecule has 1 unspecified atom stereocenters. The first kappa shape index (κ1) is 19.9. The van der Waals surface area contributed by atoms with E-state index in [9.17, 15) is 9.59 Å². The molecular formula is C19H27N3O4. The summed E-state index contributed by atoms with van der Waals surface area (Å²) in [4.78, 5) is 28.9. The number of carbonyl (C=O) groups is 1. The average Bonchev–Trinajstić information content (AvgIpc) is 3.05. The van der Waals surface area contributed by atoms with E-state index in [1.54, 1.807) is 32.6 Å². The van der Waals surface area contributed by atoms with E-state index < -0.39 is 11.5 Å². The molecule has 0 aromatic carbocycles. The van der Waals surface area contributed by atoms with Crippen molar-refractivity contribution >= 4 is 5.91 Å². The Balaban J connectivity index is 2.10. The molecule has 0 fully saturated rings. The number of aromatic nitrogens is 2. The molecule has 0 spiro atoms. The van der Waals surface area contributed by atoms with Crippen molar-refractivity contribution in [2.24, 2.45) is 0 Å². The van der Waals surface area contributed by atoms with Crippen molar-refractivity contribution in [1.82, 2.24) is 14.9 Å². The van der Waals surface area contributed by atoms with Crippen LogP contribution in [0.1, 0.15) is 60.0 Å². The summed E-state index contributed by atoms with van der Waals surface area (Å²) in [6.07, 6.45) is 5.30. The average molecular weight is 361 g/mol. The van der Waals surface area contributed by atoms with Crippen LogP contribution in [0.25, 0.3) is 0 Å². The topological polar surface area (TPSA) is 86.4 Å². The highest BCUT2D eigenvalue weighted by Gasteiger charge is 2.19. The lowest BCUT2D eigenvalue weighted by atomic mass is 10.0. The molecule has 0 saturated heterocycles. The van der Waals surface area contributed by atoms with Gasteiger partial charge in [0, 0.05) is 25.8 Å². The number of rotatable bonds is 9. The zero-order valence-corrected chi connectivity index (χ0v) is 15.9. The van der Waals surface area contributed by atoms with Crippen LogP contribution in [0, 0.1) is 6.92 Å². The summed E-state index contributed by atoms with van der Waals surface area (Å²) in [7, 11) is 1.63. The van der Waals surface area contributed by atoms with Gasteiger partial charge in [-0.05, 0) is 25.0 Å². The standard InChI is InChI=1S/C19H27N3O4/c1-5-6-13(2)16-9-14(3)17(19(24)26-16)18(23)21-11-15-10-20-12-22(15)7-8-25-4/h9-10,12-13H,5-8,11H2,1-4H3,(H,21,23). The molecule has 1 atom stereocenters. The summed E-state index contributed by atoms with van der Waals surface area (Å²) < 4.78 is 12.3. The molecule has 0 aliphatic heterocycles. The van der Waals surface area contributed by atoms with E-state index in [-0.39, 0.29) is 18.0 Å². The Morgan fingerprint density at radius 1 is 1.46 bits per heavy atom. The molecule has 0 saturated carbocycles. The van der Waals surface area contributed by atoms with Crippen LogP contribution in [0.4, 0.5) is 0 Å². The minimum Gasteiger partial charge on any atom is -0.427 e. The lowest BCUT2D eigenvalue weighted by Gasteiger charge is -2.12. The molecule has 26 heavy (non-hydrogen) atoms. The quantitative estimate of drug-likeness (QED) is 0.742. The van der Waals surface area contributed by atoms with Gasteiger partial charge in [0.25, 0.3) is 5.91 Å². The van der Waals surface area contributed by atoms with E-state index >= 15 is 0 Å². The third-order valence-electron chi connectivity index (χ3n) is 4.37. The number of aryl methyl sites for hydroxylation is 1. The molecule has 1 amide bonds. The number of carbonyl (C=O) groups excluding carboxylic acids is 1. The molecule has 2 aromatic rings. The maximum Gasteiger partial charge on any atom is 0.349 e. The van der Waals surface area contributed by atoms with E-state index in [4.69, 9.17) is 9.15 Å². The van der Waals surface area contributed by atoms with Crippen molar-refractivity contribution in [3.63, 3.8) is 0 Å². The predicted octanol–water partition coefficient (Wildman–Crippen LogP) is 2.62. The molecular weight excluding hydrogens is 334 g/mol.